The molecule has 0 saturated heterocycles. The van der Waals surface area contributed by atoms with Gasteiger partial charge in [-0.15, -0.1) is 0 Å². The molecule has 0 amide bonds. The van der Waals surface area contributed by atoms with Gasteiger partial charge in [0, 0.05) is 19.7 Å². The normalized spacial score (nSPS) is 10.6. The number of methoxy groups -OCH3 is 1. The van der Waals surface area contributed by atoms with Crippen LogP contribution in [0, 0.1) is 0 Å². The van der Waals surface area contributed by atoms with Crippen molar-refractivity contribution < 1.29 is 4.74 Å². The van der Waals surface area contributed by atoms with E-state index in [1.165, 1.54) is 0 Å². The lowest BCUT2D eigenvalue weighted by Crippen LogP contribution is -2.34. The number of rotatable bonds is 6. The van der Waals surface area contributed by atoms with Crippen LogP contribution in [0.4, 0.5) is 5.82 Å². The van der Waals surface area contributed by atoms with Crippen LogP contribution >= 0.6 is 12.2 Å². The Balaban J connectivity index is 2.83. The number of nitrogens with two attached hydrogens (primary N) is 1. The van der Waals surface area contributed by atoms with Gasteiger partial charge in [-0.1, -0.05) is 12.2 Å². The van der Waals surface area contributed by atoms with Crippen molar-refractivity contribution in [1.29, 1.82) is 0 Å². The van der Waals surface area contributed by atoms with Crippen LogP contribution in [0.25, 0.3) is 0 Å². The monoisotopic (exact) mass is 254 g/mol. The Kier molecular flexibility index (Phi) is 5.24. The summed E-state index contributed by atoms with van der Waals surface area (Å²) in [7, 11) is 1.68. The molecule has 17 heavy (non-hydrogen) atoms. The molecule has 1 rings (SSSR count). The Morgan fingerprint density at radius 2 is 2.18 bits per heavy atom. The minimum atomic E-state index is 0.261. The molecule has 0 atom stereocenters. The number of ether oxygens (including phenoxy) is 1. The van der Waals surface area contributed by atoms with E-state index in [4.69, 9.17) is 22.7 Å². The summed E-state index contributed by atoms with van der Waals surface area (Å²) in [6, 6.07) is 0.329. The first kappa shape index (κ1) is 13.8. The Bertz CT molecular complexity index is 366. The summed E-state index contributed by atoms with van der Waals surface area (Å²) in [5.74, 6) is 0.803. The molecule has 1 heterocycles. The van der Waals surface area contributed by atoms with Crippen LogP contribution in [0.5, 0.6) is 0 Å². The van der Waals surface area contributed by atoms with Gasteiger partial charge in [-0.2, -0.15) is 0 Å². The van der Waals surface area contributed by atoms with Gasteiger partial charge in [0.15, 0.2) is 0 Å². The average Bonchev–Trinajstić information content (AvgIpc) is 2.29. The minimum Gasteiger partial charge on any atom is -0.388 e. The summed E-state index contributed by atoms with van der Waals surface area (Å²) in [6.07, 6.45) is 3.28. The lowest BCUT2D eigenvalue weighted by Gasteiger charge is -2.27. The van der Waals surface area contributed by atoms with Crippen LogP contribution in [0.2, 0.25) is 0 Å². The van der Waals surface area contributed by atoms with Crippen molar-refractivity contribution in [3.8, 4) is 0 Å². The van der Waals surface area contributed by atoms with Gasteiger partial charge < -0.3 is 15.4 Å². The molecular formula is C11H18N4OS. The fraction of sp³-hybridized carbons (Fsp3) is 0.545. The number of nitrogens with zero attached hydrogens (tertiary/aromatic N) is 3. The van der Waals surface area contributed by atoms with E-state index in [-0.39, 0.29) is 4.99 Å². The first-order chi connectivity index (χ1) is 8.06. The smallest absolute Gasteiger partial charge is 0.147 e. The zero-order valence-electron chi connectivity index (χ0n) is 10.4. The zero-order chi connectivity index (χ0) is 12.8. The minimum absolute atomic E-state index is 0.261. The molecule has 6 heteroatoms. The standard InChI is InChI=1S/C11H18N4OS/c1-8(2)15(4-5-16-3)10-7-13-9(6-14-10)11(12)17/h6-8H,4-5H2,1-3H3,(H2,12,17). The van der Waals surface area contributed by atoms with Gasteiger partial charge in [0.2, 0.25) is 0 Å². The van der Waals surface area contributed by atoms with E-state index in [0.29, 0.717) is 18.3 Å². The van der Waals surface area contributed by atoms with Gasteiger partial charge >= 0.3 is 0 Å². The lowest BCUT2D eigenvalue weighted by atomic mass is 10.3. The number of aromatic nitrogens is 2. The van der Waals surface area contributed by atoms with E-state index in [2.05, 4.69) is 28.7 Å². The summed E-state index contributed by atoms with van der Waals surface area (Å²) >= 11 is 4.83. The Labute approximate surface area is 107 Å². The summed E-state index contributed by atoms with van der Waals surface area (Å²) in [5, 5.41) is 0. The topological polar surface area (TPSA) is 64.3 Å². The second kappa shape index (κ2) is 6.46. The highest BCUT2D eigenvalue weighted by molar-refractivity contribution is 7.80. The second-order valence-corrected chi connectivity index (χ2v) is 4.34. The van der Waals surface area contributed by atoms with Crippen LogP contribution in [0.3, 0.4) is 0 Å². The molecule has 0 aliphatic rings. The van der Waals surface area contributed by atoms with Crippen molar-refractivity contribution in [3.05, 3.63) is 18.1 Å². The van der Waals surface area contributed by atoms with Crippen LogP contribution in [0.1, 0.15) is 19.5 Å². The van der Waals surface area contributed by atoms with E-state index < -0.39 is 0 Å². The molecule has 0 fully saturated rings. The highest BCUT2D eigenvalue weighted by atomic mass is 32.1. The summed E-state index contributed by atoms with van der Waals surface area (Å²) in [4.78, 5) is 10.9. The van der Waals surface area contributed by atoms with Crippen molar-refractivity contribution in [1.82, 2.24) is 9.97 Å². The van der Waals surface area contributed by atoms with Crippen molar-refractivity contribution in [3.63, 3.8) is 0 Å². The van der Waals surface area contributed by atoms with Crippen molar-refractivity contribution >= 4 is 23.0 Å². The SMILES string of the molecule is COCCN(c1cnc(C(N)=S)cn1)C(C)C. The lowest BCUT2D eigenvalue weighted by molar-refractivity contribution is 0.203. The van der Waals surface area contributed by atoms with Gasteiger partial charge in [-0.05, 0) is 13.8 Å². The van der Waals surface area contributed by atoms with Gasteiger partial charge in [0.05, 0.1) is 19.0 Å². The molecule has 2 N–H and O–H groups in total. The third-order valence-electron chi connectivity index (χ3n) is 2.34. The molecule has 0 aliphatic carbocycles. The van der Waals surface area contributed by atoms with Gasteiger partial charge in [0.25, 0.3) is 0 Å². The van der Waals surface area contributed by atoms with E-state index in [1.54, 1.807) is 19.5 Å². The molecule has 0 spiro atoms. The maximum atomic E-state index is 5.48. The molecule has 0 aromatic carbocycles. The zero-order valence-corrected chi connectivity index (χ0v) is 11.2. The molecule has 0 radical (unpaired) electrons. The summed E-state index contributed by atoms with van der Waals surface area (Å²) in [5.41, 5.74) is 6.02. The maximum absolute atomic E-state index is 5.48. The molecule has 5 nitrogen and oxygen atoms in total. The van der Waals surface area contributed by atoms with Crippen LogP contribution < -0.4 is 10.6 Å². The molecule has 0 saturated carbocycles. The molecule has 94 valence electrons. The van der Waals surface area contributed by atoms with Crippen molar-refractivity contribution in [2.45, 2.75) is 19.9 Å². The third-order valence-corrected chi connectivity index (χ3v) is 2.55. The Morgan fingerprint density at radius 3 is 2.59 bits per heavy atom. The quantitative estimate of drug-likeness (QED) is 0.763. The Morgan fingerprint density at radius 1 is 1.47 bits per heavy atom. The number of hydrogen-bond acceptors (Lipinski definition) is 5. The van der Waals surface area contributed by atoms with Gasteiger partial charge in [-0.3, -0.25) is 0 Å². The Hall–Kier alpha value is -1.27. The number of anilines is 1. The summed E-state index contributed by atoms with van der Waals surface area (Å²) < 4.78 is 5.08. The number of thiocarbonyl (C=S) groups is 1. The molecule has 0 bridgehead atoms. The first-order valence-electron chi connectivity index (χ1n) is 5.43. The number of hydrogen-bond donors (Lipinski definition) is 1. The van der Waals surface area contributed by atoms with Crippen molar-refractivity contribution in [2.24, 2.45) is 5.73 Å². The van der Waals surface area contributed by atoms with Gasteiger partial charge in [0.1, 0.15) is 16.5 Å². The van der Waals surface area contributed by atoms with Gasteiger partial charge in [-0.25, -0.2) is 9.97 Å². The second-order valence-electron chi connectivity index (χ2n) is 3.90. The van der Waals surface area contributed by atoms with E-state index >= 15 is 0 Å². The fourth-order valence-corrected chi connectivity index (χ4v) is 1.53. The molecule has 1 aromatic heterocycles. The fourth-order valence-electron chi connectivity index (χ4n) is 1.42. The van der Waals surface area contributed by atoms with Crippen LogP contribution in [-0.2, 0) is 4.74 Å². The summed E-state index contributed by atoms with van der Waals surface area (Å²) in [6.45, 7) is 5.61. The highest BCUT2D eigenvalue weighted by Gasteiger charge is 2.12. The third kappa shape index (κ3) is 3.90. The van der Waals surface area contributed by atoms with Crippen LogP contribution in [-0.4, -0.2) is 41.3 Å². The maximum Gasteiger partial charge on any atom is 0.147 e. The predicted octanol–water partition coefficient (Wildman–Crippen LogP) is 0.972. The molecule has 0 aliphatic heterocycles. The van der Waals surface area contributed by atoms with E-state index in [0.717, 1.165) is 12.4 Å². The largest absolute Gasteiger partial charge is 0.388 e. The predicted molar refractivity (Wildman–Crippen MR) is 72.3 cm³/mol. The molecule has 1 aromatic rings. The van der Waals surface area contributed by atoms with E-state index in [9.17, 15) is 0 Å². The highest BCUT2D eigenvalue weighted by Crippen LogP contribution is 2.12. The van der Waals surface area contributed by atoms with Crippen LogP contribution in [0.15, 0.2) is 12.4 Å². The average molecular weight is 254 g/mol. The molecule has 0 unspecified atom stereocenters. The molecular weight excluding hydrogens is 236 g/mol. The van der Waals surface area contributed by atoms with E-state index in [1.807, 2.05) is 0 Å². The van der Waals surface area contributed by atoms with Crippen molar-refractivity contribution in [2.75, 3.05) is 25.2 Å². The first-order valence-corrected chi connectivity index (χ1v) is 5.84.